The van der Waals surface area contributed by atoms with Gasteiger partial charge in [-0.2, -0.15) is 0 Å². The number of para-hydroxylation sites is 1. The van der Waals surface area contributed by atoms with Crippen LogP contribution in [0.2, 0.25) is 0 Å². The molecule has 1 aliphatic rings. The molecule has 0 unspecified atom stereocenters. The van der Waals surface area contributed by atoms with Gasteiger partial charge in [-0.15, -0.1) is 0 Å². The van der Waals surface area contributed by atoms with Gasteiger partial charge in [-0.05, 0) is 25.0 Å². The van der Waals surface area contributed by atoms with Crippen molar-refractivity contribution in [2.45, 2.75) is 50.9 Å². The first-order valence-corrected chi connectivity index (χ1v) is 7.24. The number of hydrogen-bond acceptors (Lipinski definition) is 3. The van der Waals surface area contributed by atoms with E-state index in [4.69, 9.17) is 4.42 Å². The predicted octanol–water partition coefficient (Wildman–Crippen LogP) is 4.02. The third kappa shape index (κ3) is 2.70. The first-order valence-electron chi connectivity index (χ1n) is 7.24. The molecule has 100 valence electrons. The fraction of sp³-hybridized carbons (Fsp3) is 0.500. The van der Waals surface area contributed by atoms with E-state index >= 15 is 0 Å². The van der Waals surface area contributed by atoms with Crippen molar-refractivity contribution in [2.24, 2.45) is 0 Å². The molecule has 0 spiro atoms. The number of hydrogen-bond donors (Lipinski definition) is 0. The smallest absolute Gasteiger partial charge is 0.346 e. The summed E-state index contributed by atoms with van der Waals surface area (Å²) in [5.41, 5.74) is 0.512. The second-order valence-corrected chi connectivity index (χ2v) is 5.40. The van der Waals surface area contributed by atoms with Gasteiger partial charge in [0.1, 0.15) is 0 Å². The highest BCUT2D eigenvalue weighted by Gasteiger charge is 2.18. The Morgan fingerprint density at radius 1 is 1.00 bits per heavy atom. The summed E-state index contributed by atoms with van der Waals surface area (Å²) < 4.78 is 5.46. The molecule has 0 amide bonds. The molecule has 0 aliphatic heterocycles. The van der Waals surface area contributed by atoms with Crippen molar-refractivity contribution < 1.29 is 4.42 Å². The molecule has 1 aliphatic carbocycles. The van der Waals surface area contributed by atoms with Crippen LogP contribution in [-0.2, 0) is 0 Å². The molecular formula is C16H19NO2. The third-order valence-electron chi connectivity index (χ3n) is 4.01. The average molecular weight is 257 g/mol. The molecule has 1 heterocycles. The summed E-state index contributed by atoms with van der Waals surface area (Å²) in [6.07, 6.45) is 8.51. The maximum Gasteiger partial charge on any atom is 0.346 e. The first kappa shape index (κ1) is 12.4. The molecule has 3 rings (SSSR count). The van der Waals surface area contributed by atoms with Crippen LogP contribution in [0, 0.1) is 0 Å². The van der Waals surface area contributed by atoms with Crippen LogP contribution in [0.15, 0.2) is 33.5 Å². The number of rotatable bonds is 1. The molecule has 0 atom stereocenters. The van der Waals surface area contributed by atoms with E-state index in [-0.39, 0.29) is 5.63 Å². The number of nitrogens with zero attached hydrogens (tertiary/aromatic N) is 1. The third-order valence-corrected chi connectivity index (χ3v) is 4.01. The van der Waals surface area contributed by atoms with Gasteiger partial charge in [0.2, 0.25) is 5.89 Å². The van der Waals surface area contributed by atoms with E-state index in [0.29, 0.717) is 17.2 Å². The van der Waals surface area contributed by atoms with Crippen molar-refractivity contribution in [1.29, 1.82) is 0 Å². The van der Waals surface area contributed by atoms with Crippen LogP contribution < -0.4 is 5.63 Å². The SMILES string of the molecule is O=c1oc(C2CCCCCCC2)nc2ccccc12. The molecule has 0 N–H and O–H groups in total. The van der Waals surface area contributed by atoms with E-state index in [9.17, 15) is 4.79 Å². The Labute approximate surface area is 112 Å². The minimum atomic E-state index is -0.248. The minimum Gasteiger partial charge on any atom is -0.408 e. The predicted molar refractivity (Wildman–Crippen MR) is 75.3 cm³/mol. The van der Waals surface area contributed by atoms with Gasteiger partial charge in [0, 0.05) is 5.92 Å². The lowest BCUT2D eigenvalue weighted by Crippen LogP contribution is -2.10. The van der Waals surface area contributed by atoms with Crippen molar-refractivity contribution in [1.82, 2.24) is 4.98 Å². The van der Waals surface area contributed by atoms with E-state index in [1.165, 1.54) is 32.1 Å². The molecule has 1 saturated carbocycles. The number of benzene rings is 1. The van der Waals surface area contributed by atoms with Crippen molar-refractivity contribution in [3.63, 3.8) is 0 Å². The van der Waals surface area contributed by atoms with Crippen LogP contribution in [0.5, 0.6) is 0 Å². The molecule has 2 aromatic rings. The molecule has 3 heteroatoms. The fourth-order valence-electron chi connectivity index (χ4n) is 2.91. The topological polar surface area (TPSA) is 43.1 Å². The lowest BCUT2D eigenvalue weighted by Gasteiger charge is -2.17. The first-order chi connectivity index (χ1) is 9.34. The summed E-state index contributed by atoms with van der Waals surface area (Å²) in [4.78, 5) is 16.6. The molecule has 0 bridgehead atoms. The molecule has 3 nitrogen and oxygen atoms in total. The minimum absolute atomic E-state index is 0.248. The zero-order valence-electron chi connectivity index (χ0n) is 11.1. The molecule has 1 fully saturated rings. The Balaban J connectivity index is 1.97. The largest absolute Gasteiger partial charge is 0.408 e. The van der Waals surface area contributed by atoms with Crippen molar-refractivity contribution in [3.05, 3.63) is 40.6 Å². The lowest BCUT2D eigenvalue weighted by molar-refractivity contribution is 0.354. The van der Waals surface area contributed by atoms with E-state index < -0.39 is 0 Å². The maximum atomic E-state index is 12.0. The van der Waals surface area contributed by atoms with Gasteiger partial charge in [0.05, 0.1) is 10.9 Å². The Morgan fingerprint density at radius 3 is 2.47 bits per heavy atom. The Bertz CT molecular complexity index is 609. The van der Waals surface area contributed by atoms with E-state index in [0.717, 1.165) is 18.4 Å². The normalized spacial score (nSPS) is 18.1. The summed E-state index contributed by atoms with van der Waals surface area (Å²) in [6.45, 7) is 0. The van der Waals surface area contributed by atoms with E-state index in [1.807, 2.05) is 18.2 Å². The number of aromatic nitrogens is 1. The molecule has 19 heavy (non-hydrogen) atoms. The summed E-state index contributed by atoms with van der Waals surface area (Å²) in [6, 6.07) is 7.42. The molecule has 0 radical (unpaired) electrons. The van der Waals surface area contributed by atoms with Gasteiger partial charge >= 0.3 is 5.63 Å². The summed E-state index contributed by atoms with van der Waals surface area (Å²) >= 11 is 0. The van der Waals surface area contributed by atoms with Crippen LogP contribution in [0.4, 0.5) is 0 Å². The Kier molecular flexibility index (Phi) is 3.62. The van der Waals surface area contributed by atoms with Crippen LogP contribution >= 0.6 is 0 Å². The van der Waals surface area contributed by atoms with Crippen molar-refractivity contribution >= 4 is 10.9 Å². The van der Waals surface area contributed by atoms with Gasteiger partial charge in [-0.25, -0.2) is 9.78 Å². The highest BCUT2D eigenvalue weighted by Crippen LogP contribution is 2.29. The van der Waals surface area contributed by atoms with Crippen LogP contribution in [0.1, 0.15) is 56.8 Å². The second-order valence-electron chi connectivity index (χ2n) is 5.40. The van der Waals surface area contributed by atoms with Crippen LogP contribution in [0.3, 0.4) is 0 Å². The van der Waals surface area contributed by atoms with Crippen LogP contribution in [-0.4, -0.2) is 4.98 Å². The molecule has 1 aromatic heterocycles. The molecule has 1 aromatic carbocycles. The van der Waals surface area contributed by atoms with Crippen molar-refractivity contribution in [2.75, 3.05) is 0 Å². The summed E-state index contributed by atoms with van der Waals surface area (Å²) in [7, 11) is 0. The Morgan fingerprint density at radius 2 is 1.68 bits per heavy atom. The van der Waals surface area contributed by atoms with Gasteiger partial charge < -0.3 is 4.42 Å². The van der Waals surface area contributed by atoms with Crippen LogP contribution in [0.25, 0.3) is 10.9 Å². The van der Waals surface area contributed by atoms with Crippen molar-refractivity contribution in [3.8, 4) is 0 Å². The second kappa shape index (κ2) is 5.55. The van der Waals surface area contributed by atoms with Gasteiger partial charge in [-0.1, -0.05) is 44.2 Å². The zero-order chi connectivity index (χ0) is 13.1. The highest BCUT2D eigenvalue weighted by molar-refractivity contribution is 5.76. The zero-order valence-corrected chi connectivity index (χ0v) is 11.1. The summed E-state index contributed by atoms with van der Waals surface area (Å²) in [5.74, 6) is 0.961. The van der Waals surface area contributed by atoms with E-state index in [2.05, 4.69) is 4.98 Å². The Hall–Kier alpha value is -1.64. The summed E-state index contributed by atoms with van der Waals surface area (Å²) in [5, 5.41) is 0.581. The van der Waals surface area contributed by atoms with E-state index in [1.54, 1.807) is 6.07 Å². The van der Waals surface area contributed by atoms with Gasteiger partial charge in [0.25, 0.3) is 0 Å². The van der Waals surface area contributed by atoms with Gasteiger partial charge in [0.15, 0.2) is 0 Å². The monoisotopic (exact) mass is 257 g/mol. The standard InChI is InChI=1S/C16H19NO2/c18-16-13-10-6-7-11-14(13)17-15(19-16)12-8-4-2-1-3-5-9-12/h6-7,10-12H,1-5,8-9H2. The fourth-order valence-corrected chi connectivity index (χ4v) is 2.91. The number of fused-ring (bicyclic) bond motifs is 1. The molecular weight excluding hydrogens is 238 g/mol. The average Bonchev–Trinajstić information content (AvgIpc) is 2.38. The maximum absolute atomic E-state index is 12.0. The lowest BCUT2D eigenvalue weighted by atomic mass is 9.91. The highest BCUT2D eigenvalue weighted by atomic mass is 16.4. The molecule has 0 saturated heterocycles. The quantitative estimate of drug-likeness (QED) is 0.775. The van der Waals surface area contributed by atoms with Gasteiger partial charge in [-0.3, -0.25) is 0 Å².